The first-order valence-corrected chi connectivity index (χ1v) is 10.5. The zero-order chi connectivity index (χ0) is 21.3. The standard InChI is InChI=1S/C21H22N6O2S/c1-14-7-8-18(11-15(14)2)30-10-9-26-19(28)21(3,23-20(26)29)16-5-4-6-17(12-16)27-13-22-24-25-27/h4-8,11-13H,9-10H2,1-3H3,(H,23,29). The summed E-state index contributed by atoms with van der Waals surface area (Å²) in [6.45, 7) is 6.21. The van der Waals surface area contributed by atoms with Crippen molar-refractivity contribution in [3.8, 4) is 5.69 Å². The number of urea groups is 1. The van der Waals surface area contributed by atoms with Gasteiger partial charge >= 0.3 is 6.03 Å². The van der Waals surface area contributed by atoms with Crippen LogP contribution in [-0.4, -0.2) is 49.3 Å². The SMILES string of the molecule is Cc1ccc(SCCN2C(=O)NC(C)(c3cccc(-n4cnnn4)c3)C2=O)cc1C. The molecule has 1 N–H and O–H groups in total. The molecule has 9 heteroatoms. The van der Waals surface area contributed by atoms with Crippen LogP contribution in [0, 0.1) is 13.8 Å². The Kier molecular flexibility index (Phi) is 5.29. The van der Waals surface area contributed by atoms with Gasteiger partial charge in [-0.25, -0.2) is 9.48 Å². The topological polar surface area (TPSA) is 93.0 Å². The lowest BCUT2D eigenvalue weighted by atomic mass is 9.91. The summed E-state index contributed by atoms with van der Waals surface area (Å²) in [5.41, 5.74) is 2.73. The van der Waals surface area contributed by atoms with Gasteiger partial charge in [0.25, 0.3) is 5.91 Å². The van der Waals surface area contributed by atoms with Crippen molar-refractivity contribution in [2.45, 2.75) is 31.2 Å². The predicted molar refractivity (Wildman–Crippen MR) is 113 cm³/mol. The maximum Gasteiger partial charge on any atom is 0.325 e. The van der Waals surface area contributed by atoms with Crippen LogP contribution < -0.4 is 5.32 Å². The van der Waals surface area contributed by atoms with Gasteiger partial charge in [-0.05, 0) is 72.2 Å². The summed E-state index contributed by atoms with van der Waals surface area (Å²) in [6.07, 6.45) is 1.48. The van der Waals surface area contributed by atoms with E-state index in [-0.39, 0.29) is 11.9 Å². The molecule has 0 aliphatic carbocycles. The van der Waals surface area contributed by atoms with Crippen molar-refractivity contribution < 1.29 is 9.59 Å². The lowest BCUT2D eigenvalue weighted by Gasteiger charge is -2.22. The minimum absolute atomic E-state index is 0.262. The van der Waals surface area contributed by atoms with E-state index in [4.69, 9.17) is 0 Å². The van der Waals surface area contributed by atoms with E-state index < -0.39 is 5.54 Å². The molecule has 2 heterocycles. The Morgan fingerprint density at radius 3 is 2.67 bits per heavy atom. The molecule has 3 aromatic rings. The van der Waals surface area contributed by atoms with Crippen LogP contribution in [-0.2, 0) is 10.3 Å². The number of benzene rings is 2. The van der Waals surface area contributed by atoms with E-state index in [9.17, 15) is 9.59 Å². The number of carbonyl (C=O) groups excluding carboxylic acids is 2. The monoisotopic (exact) mass is 422 g/mol. The van der Waals surface area contributed by atoms with Gasteiger partial charge in [-0.3, -0.25) is 9.69 Å². The second-order valence-corrected chi connectivity index (χ2v) is 8.58. The van der Waals surface area contributed by atoms with Crippen molar-refractivity contribution >= 4 is 23.7 Å². The van der Waals surface area contributed by atoms with Crippen molar-refractivity contribution in [1.82, 2.24) is 30.4 Å². The zero-order valence-electron chi connectivity index (χ0n) is 17.0. The molecule has 3 amide bonds. The number of amides is 3. The average molecular weight is 423 g/mol. The van der Waals surface area contributed by atoms with Crippen molar-refractivity contribution in [3.63, 3.8) is 0 Å². The van der Waals surface area contributed by atoms with Crippen molar-refractivity contribution in [1.29, 1.82) is 0 Å². The zero-order valence-corrected chi connectivity index (χ0v) is 17.8. The number of carbonyl (C=O) groups is 2. The molecule has 1 aromatic heterocycles. The summed E-state index contributed by atoms with van der Waals surface area (Å²) in [7, 11) is 0. The normalized spacial score (nSPS) is 18.7. The number of rotatable bonds is 6. The number of thioether (sulfide) groups is 1. The summed E-state index contributed by atoms with van der Waals surface area (Å²) in [5, 5.41) is 14.0. The third-order valence-corrected chi connectivity index (χ3v) is 6.35. The van der Waals surface area contributed by atoms with Gasteiger partial charge < -0.3 is 5.32 Å². The van der Waals surface area contributed by atoms with Crippen LogP contribution in [0.5, 0.6) is 0 Å². The van der Waals surface area contributed by atoms with Crippen molar-refractivity contribution in [2.75, 3.05) is 12.3 Å². The van der Waals surface area contributed by atoms with Crippen LogP contribution in [0.1, 0.15) is 23.6 Å². The fraction of sp³-hybridized carbons (Fsp3) is 0.286. The van der Waals surface area contributed by atoms with Gasteiger partial charge in [0, 0.05) is 17.2 Å². The molecule has 1 fully saturated rings. The highest BCUT2D eigenvalue weighted by molar-refractivity contribution is 7.99. The van der Waals surface area contributed by atoms with Crippen molar-refractivity contribution in [3.05, 3.63) is 65.5 Å². The van der Waals surface area contributed by atoms with E-state index in [2.05, 4.69) is 52.9 Å². The van der Waals surface area contributed by atoms with Crippen LogP contribution in [0.3, 0.4) is 0 Å². The first kappa shape index (κ1) is 20.1. The Morgan fingerprint density at radius 2 is 1.93 bits per heavy atom. The molecule has 154 valence electrons. The molecule has 1 unspecified atom stereocenters. The Balaban J connectivity index is 1.48. The highest BCUT2D eigenvalue weighted by atomic mass is 32.2. The molecular formula is C21H22N6O2S. The molecule has 1 aliphatic heterocycles. The largest absolute Gasteiger partial charge is 0.325 e. The van der Waals surface area contributed by atoms with E-state index in [0.717, 1.165) is 4.90 Å². The number of imide groups is 1. The number of tetrazole rings is 1. The maximum absolute atomic E-state index is 13.2. The van der Waals surface area contributed by atoms with Gasteiger partial charge in [-0.2, -0.15) is 0 Å². The molecule has 30 heavy (non-hydrogen) atoms. The van der Waals surface area contributed by atoms with Gasteiger partial charge in [-0.1, -0.05) is 18.2 Å². The second kappa shape index (κ2) is 7.91. The van der Waals surface area contributed by atoms with E-state index in [1.54, 1.807) is 18.7 Å². The molecule has 4 rings (SSSR count). The van der Waals surface area contributed by atoms with Crippen LogP contribution in [0.25, 0.3) is 5.69 Å². The summed E-state index contributed by atoms with van der Waals surface area (Å²) in [5.74, 6) is 0.365. The van der Waals surface area contributed by atoms with E-state index in [1.807, 2.05) is 24.3 Å². The number of nitrogens with one attached hydrogen (secondary N) is 1. The number of hydrogen-bond donors (Lipinski definition) is 1. The fourth-order valence-electron chi connectivity index (χ4n) is 3.39. The lowest BCUT2D eigenvalue weighted by molar-refractivity contribution is -0.130. The highest BCUT2D eigenvalue weighted by Crippen LogP contribution is 2.30. The summed E-state index contributed by atoms with van der Waals surface area (Å²) < 4.78 is 1.51. The highest BCUT2D eigenvalue weighted by Gasteiger charge is 2.48. The summed E-state index contributed by atoms with van der Waals surface area (Å²) in [4.78, 5) is 28.2. The second-order valence-electron chi connectivity index (χ2n) is 7.41. The molecule has 8 nitrogen and oxygen atoms in total. The molecule has 0 saturated carbocycles. The Hall–Kier alpha value is -3.20. The van der Waals surface area contributed by atoms with Crippen LogP contribution >= 0.6 is 11.8 Å². The molecule has 0 radical (unpaired) electrons. The number of nitrogens with zero attached hydrogens (tertiary/aromatic N) is 5. The van der Waals surface area contributed by atoms with E-state index in [0.29, 0.717) is 23.5 Å². The maximum atomic E-state index is 13.2. The van der Waals surface area contributed by atoms with E-state index in [1.165, 1.54) is 27.0 Å². The number of aromatic nitrogens is 4. The number of hydrogen-bond acceptors (Lipinski definition) is 6. The first-order chi connectivity index (χ1) is 14.4. The minimum Gasteiger partial charge on any atom is -0.319 e. The van der Waals surface area contributed by atoms with Gasteiger partial charge in [-0.15, -0.1) is 16.9 Å². The number of aryl methyl sites for hydroxylation is 2. The lowest BCUT2D eigenvalue weighted by Crippen LogP contribution is -2.41. The van der Waals surface area contributed by atoms with Gasteiger partial charge in [0.05, 0.1) is 5.69 Å². The molecule has 0 bridgehead atoms. The van der Waals surface area contributed by atoms with Crippen LogP contribution in [0.4, 0.5) is 4.79 Å². The Morgan fingerprint density at radius 1 is 1.10 bits per heavy atom. The first-order valence-electron chi connectivity index (χ1n) is 9.56. The third kappa shape index (κ3) is 3.68. The van der Waals surface area contributed by atoms with Crippen LogP contribution in [0.2, 0.25) is 0 Å². The summed E-state index contributed by atoms with van der Waals surface area (Å²) in [6, 6.07) is 13.2. The van der Waals surface area contributed by atoms with Gasteiger partial charge in [0.2, 0.25) is 0 Å². The molecule has 1 saturated heterocycles. The van der Waals surface area contributed by atoms with Crippen molar-refractivity contribution in [2.24, 2.45) is 0 Å². The Labute approximate surface area is 178 Å². The molecule has 1 atom stereocenters. The minimum atomic E-state index is -1.13. The van der Waals surface area contributed by atoms with Gasteiger partial charge in [0.1, 0.15) is 11.9 Å². The predicted octanol–water partition coefficient (Wildman–Crippen LogP) is 2.84. The molecular weight excluding hydrogens is 400 g/mol. The summed E-state index contributed by atoms with van der Waals surface area (Å²) >= 11 is 1.63. The molecule has 2 aromatic carbocycles. The third-order valence-electron chi connectivity index (χ3n) is 5.37. The van der Waals surface area contributed by atoms with Gasteiger partial charge in [0.15, 0.2) is 0 Å². The molecule has 0 spiro atoms. The van der Waals surface area contributed by atoms with Crippen LogP contribution in [0.15, 0.2) is 53.7 Å². The smallest absolute Gasteiger partial charge is 0.319 e. The fourth-order valence-corrected chi connectivity index (χ4v) is 4.33. The Bertz CT molecular complexity index is 1100. The average Bonchev–Trinajstić information content (AvgIpc) is 3.34. The quantitative estimate of drug-likeness (QED) is 0.485. The van der Waals surface area contributed by atoms with E-state index >= 15 is 0 Å². The molecule has 1 aliphatic rings.